The summed E-state index contributed by atoms with van der Waals surface area (Å²) in [5, 5.41) is 10.3. The fourth-order valence-corrected chi connectivity index (χ4v) is 1.98. The van der Waals surface area contributed by atoms with Crippen LogP contribution >= 0.6 is 0 Å². The minimum absolute atomic E-state index is 0.0753. The summed E-state index contributed by atoms with van der Waals surface area (Å²) in [7, 11) is 0. The summed E-state index contributed by atoms with van der Waals surface area (Å²) in [5.74, 6) is -0.0753. The quantitative estimate of drug-likeness (QED) is 0.463. The number of hydrogen-bond acceptors (Lipinski definition) is 2. The predicted molar refractivity (Wildman–Crippen MR) is 95.9 cm³/mol. The first kappa shape index (κ1) is 20.6. The topological polar surface area (TPSA) is 37.3 Å². The minimum Gasteiger partial charge on any atom is -0.386 e. The first-order chi connectivity index (χ1) is 10.1. The standard InChI is InChI=1S/C20H32O2/c1-16(2)9-7-10-18(5)11-8-13-20(6,22)14-12-19(21)15-17(3)4/h9,11-12,14-15,22H,7-8,10,13H2,1-6H3. The van der Waals surface area contributed by atoms with E-state index in [1.54, 1.807) is 19.1 Å². The molecular formula is C20H32O2. The van der Waals surface area contributed by atoms with E-state index in [0.29, 0.717) is 6.42 Å². The largest absolute Gasteiger partial charge is 0.386 e. The normalized spacial score (nSPS) is 14.6. The second-order valence-electron chi connectivity index (χ2n) is 6.72. The highest BCUT2D eigenvalue weighted by Crippen LogP contribution is 2.16. The van der Waals surface area contributed by atoms with Gasteiger partial charge in [-0.05, 0) is 85.5 Å². The van der Waals surface area contributed by atoms with Gasteiger partial charge in [0.25, 0.3) is 0 Å². The second-order valence-corrected chi connectivity index (χ2v) is 6.72. The van der Waals surface area contributed by atoms with Gasteiger partial charge in [-0.2, -0.15) is 0 Å². The van der Waals surface area contributed by atoms with Crippen LogP contribution in [0.3, 0.4) is 0 Å². The van der Waals surface area contributed by atoms with Crippen LogP contribution in [-0.4, -0.2) is 16.5 Å². The maximum absolute atomic E-state index is 11.6. The third kappa shape index (κ3) is 12.3. The van der Waals surface area contributed by atoms with Gasteiger partial charge in [-0.25, -0.2) is 0 Å². The van der Waals surface area contributed by atoms with Crippen LogP contribution in [-0.2, 0) is 4.79 Å². The van der Waals surface area contributed by atoms with Crippen molar-refractivity contribution in [2.75, 3.05) is 0 Å². The first-order valence-electron chi connectivity index (χ1n) is 8.02. The zero-order valence-electron chi connectivity index (χ0n) is 15.1. The molecule has 2 heteroatoms. The number of ketones is 1. The Morgan fingerprint density at radius 3 is 2.18 bits per heavy atom. The Hall–Kier alpha value is -1.41. The molecule has 22 heavy (non-hydrogen) atoms. The second kappa shape index (κ2) is 10.3. The zero-order valence-corrected chi connectivity index (χ0v) is 15.1. The molecule has 0 aliphatic heterocycles. The van der Waals surface area contributed by atoms with E-state index in [-0.39, 0.29) is 5.78 Å². The van der Waals surface area contributed by atoms with Gasteiger partial charge in [0.1, 0.15) is 0 Å². The molecule has 0 aromatic heterocycles. The molecule has 0 rings (SSSR count). The van der Waals surface area contributed by atoms with E-state index in [0.717, 1.165) is 24.8 Å². The van der Waals surface area contributed by atoms with Crippen molar-refractivity contribution < 1.29 is 9.90 Å². The van der Waals surface area contributed by atoms with Crippen LogP contribution in [0.4, 0.5) is 0 Å². The molecule has 0 aliphatic rings. The average molecular weight is 304 g/mol. The highest BCUT2D eigenvalue weighted by atomic mass is 16.3. The van der Waals surface area contributed by atoms with Gasteiger partial charge in [0.15, 0.2) is 5.78 Å². The average Bonchev–Trinajstić information content (AvgIpc) is 2.35. The lowest BCUT2D eigenvalue weighted by atomic mass is 9.97. The molecule has 2 nitrogen and oxygen atoms in total. The predicted octanol–water partition coefficient (Wildman–Crippen LogP) is 5.30. The van der Waals surface area contributed by atoms with E-state index in [4.69, 9.17) is 0 Å². The van der Waals surface area contributed by atoms with E-state index in [1.807, 2.05) is 13.8 Å². The Morgan fingerprint density at radius 1 is 1.00 bits per heavy atom. The van der Waals surface area contributed by atoms with Crippen molar-refractivity contribution in [2.45, 2.75) is 72.8 Å². The molecule has 0 spiro atoms. The summed E-state index contributed by atoms with van der Waals surface area (Å²) in [5.41, 5.74) is 2.71. The zero-order chi connectivity index (χ0) is 17.2. The maximum atomic E-state index is 11.6. The highest BCUT2D eigenvalue weighted by Gasteiger charge is 2.15. The minimum atomic E-state index is -0.943. The fourth-order valence-electron chi connectivity index (χ4n) is 1.98. The lowest BCUT2D eigenvalue weighted by molar-refractivity contribution is -0.110. The van der Waals surface area contributed by atoms with Crippen LogP contribution in [0.25, 0.3) is 0 Å². The summed E-state index contributed by atoms with van der Waals surface area (Å²) in [6.45, 7) is 11.9. The monoisotopic (exact) mass is 304 g/mol. The Morgan fingerprint density at radius 2 is 1.64 bits per heavy atom. The molecule has 0 aliphatic carbocycles. The Bertz CT molecular complexity index is 466. The molecule has 0 aromatic carbocycles. The summed E-state index contributed by atoms with van der Waals surface area (Å²) in [4.78, 5) is 11.6. The molecule has 0 saturated carbocycles. The highest BCUT2D eigenvalue weighted by molar-refractivity contribution is 5.99. The summed E-state index contributed by atoms with van der Waals surface area (Å²) < 4.78 is 0. The summed E-state index contributed by atoms with van der Waals surface area (Å²) in [6.07, 6.45) is 12.6. The Balaban J connectivity index is 4.32. The third-order valence-electron chi connectivity index (χ3n) is 3.27. The molecular weight excluding hydrogens is 272 g/mol. The number of hydrogen-bond donors (Lipinski definition) is 1. The van der Waals surface area contributed by atoms with E-state index in [1.165, 1.54) is 17.2 Å². The van der Waals surface area contributed by atoms with Crippen LogP contribution in [0.15, 0.2) is 47.1 Å². The van der Waals surface area contributed by atoms with Crippen LogP contribution in [0, 0.1) is 0 Å². The van der Waals surface area contributed by atoms with Crippen molar-refractivity contribution in [3.8, 4) is 0 Å². The smallest absolute Gasteiger partial charge is 0.178 e. The summed E-state index contributed by atoms with van der Waals surface area (Å²) >= 11 is 0. The molecule has 1 N–H and O–H groups in total. The van der Waals surface area contributed by atoms with Crippen molar-refractivity contribution in [3.63, 3.8) is 0 Å². The first-order valence-corrected chi connectivity index (χ1v) is 8.02. The SMILES string of the molecule is CC(C)=CCCC(C)=CCCC(C)(O)C=CC(=O)C=C(C)C. The van der Waals surface area contributed by atoms with Gasteiger partial charge in [0, 0.05) is 0 Å². The maximum Gasteiger partial charge on any atom is 0.178 e. The lowest BCUT2D eigenvalue weighted by Gasteiger charge is -2.17. The Kier molecular flexibility index (Phi) is 9.68. The van der Waals surface area contributed by atoms with Gasteiger partial charge in [-0.3, -0.25) is 4.79 Å². The molecule has 1 atom stereocenters. The molecule has 0 radical (unpaired) electrons. The van der Waals surface area contributed by atoms with E-state index in [2.05, 4.69) is 32.9 Å². The van der Waals surface area contributed by atoms with Crippen LogP contribution < -0.4 is 0 Å². The van der Waals surface area contributed by atoms with Crippen molar-refractivity contribution >= 4 is 5.78 Å². The number of carbonyl (C=O) groups is 1. The number of aliphatic hydroxyl groups is 1. The van der Waals surface area contributed by atoms with Crippen molar-refractivity contribution in [2.24, 2.45) is 0 Å². The van der Waals surface area contributed by atoms with Crippen LogP contribution in [0.5, 0.6) is 0 Å². The van der Waals surface area contributed by atoms with E-state index >= 15 is 0 Å². The molecule has 0 bridgehead atoms. The van der Waals surface area contributed by atoms with Crippen LogP contribution in [0.1, 0.15) is 67.2 Å². The molecule has 0 fully saturated rings. The van der Waals surface area contributed by atoms with E-state index in [9.17, 15) is 9.90 Å². The van der Waals surface area contributed by atoms with Crippen molar-refractivity contribution in [3.05, 3.63) is 47.1 Å². The van der Waals surface area contributed by atoms with Gasteiger partial charge in [0.2, 0.25) is 0 Å². The fraction of sp³-hybridized carbons (Fsp3) is 0.550. The molecule has 0 saturated heterocycles. The van der Waals surface area contributed by atoms with Gasteiger partial charge in [-0.15, -0.1) is 0 Å². The van der Waals surface area contributed by atoms with Crippen molar-refractivity contribution in [1.29, 1.82) is 0 Å². The molecule has 0 aromatic rings. The lowest BCUT2D eigenvalue weighted by Crippen LogP contribution is -2.20. The molecule has 0 heterocycles. The molecule has 1 unspecified atom stereocenters. The number of rotatable bonds is 9. The van der Waals surface area contributed by atoms with Crippen molar-refractivity contribution in [1.82, 2.24) is 0 Å². The summed E-state index contributed by atoms with van der Waals surface area (Å²) in [6, 6.07) is 0. The third-order valence-corrected chi connectivity index (χ3v) is 3.27. The van der Waals surface area contributed by atoms with Gasteiger partial charge in [-0.1, -0.05) is 28.9 Å². The Labute approximate surface area is 136 Å². The van der Waals surface area contributed by atoms with Crippen LogP contribution in [0.2, 0.25) is 0 Å². The van der Waals surface area contributed by atoms with Gasteiger partial charge >= 0.3 is 0 Å². The number of carbonyl (C=O) groups excluding carboxylic acids is 1. The van der Waals surface area contributed by atoms with Gasteiger partial charge < -0.3 is 5.11 Å². The number of allylic oxidation sites excluding steroid dienone is 7. The van der Waals surface area contributed by atoms with Gasteiger partial charge in [0.05, 0.1) is 5.60 Å². The van der Waals surface area contributed by atoms with E-state index < -0.39 is 5.60 Å². The molecule has 124 valence electrons. The molecule has 0 amide bonds.